The summed E-state index contributed by atoms with van der Waals surface area (Å²) in [5.74, 6) is 0.188. The van der Waals surface area contributed by atoms with Crippen LogP contribution in [0.3, 0.4) is 0 Å². The summed E-state index contributed by atoms with van der Waals surface area (Å²) in [5, 5.41) is 2.35. The lowest BCUT2D eigenvalue weighted by molar-refractivity contribution is 0.513. The Labute approximate surface area is 287 Å². The van der Waals surface area contributed by atoms with Gasteiger partial charge in [-0.15, -0.1) is 0 Å². The van der Waals surface area contributed by atoms with E-state index >= 15 is 0 Å². The highest BCUT2D eigenvalue weighted by Gasteiger charge is 2.45. The van der Waals surface area contributed by atoms with Gasteiger partial charge in [0.1, 0.15) is 17.2 Å². The van der Waals surface area contributed by atoms with Crippen molar-refractivity contribution in [1.29, 1.82) is 0 Å². The van der Waals surface area contributed by atoms with Gasteiger partial charge in [0.05, 0.1) is 17.5 Å². The van der Waals surface area contributed by atoms with Crippen LogP contribution in [0.25, 0.3) is 27.5 Å². The number of para-hydroxylation sites is 1. The first kappa shape index (κ1) is 29.1. The normalized spacial score (nSPS) is 26.2. The second kappa shape index (κ2) is 11.8. The van der Waals surface area contributed by atoms with Crippen LogP contribution in [0.2, 0.25) is 0 Å². The van der Waals surface area contributed by atoms with E-state index in [0.29, 0.717) is 0 Å². The molecule has 0 saturated carbocycles. The molecule has 4 nitrogen and oxygen atoms in total. The molecular weight excluding hydrogens is 768 g/mol. The standard InChI is InChI=1S/C38H37I2N3O/c1-38(21-39,22-41-40)37-34(42-35-29-14-4-2-11-26(29)27-12-3-5-15-30(27)36(35)43-37)25-10-8-9-23(19-25)24-17-18-33-31(20-24)28-13-6-7-16-32(28)44-33/h5-10,13,15-18,20,25,35-36,41H,2-4,11-12,14,19,21-22H2,1H3. The second-order valence-electron chi connectivity index (χ2n) is 13.2. The van der Waals surface area contributed by atoms with Gasteiger partial charge >= 0.3 is 0 Å². The summed E-state index contributed by atoms with van der Waals surface area (Å²) in [4.78, 5) is 11.6. The number of halogens is 2. The Morgan fingerprint density at radius 2 is 1.84 bits per heavy atom. The quantitative estimate of drug-likeness (QED) is 0.153. The van der Waals surface area contributed by atoms with Crippen LogP contribution in [0.4, 0.5) is 0 Å². The Morgan fingerprint density at radius 3 is 2.73 bits per heavy atom. The first-order valence-corrected chi connectivity index (χ1v) is 18.6. The molecular formula is C38H37I2N3O. The fourth-order valence-corrected chi connectivity index (χ4v) is 9.51. The average Bonchev–Trinajstić information content (AvgIpc) is 3.46. The lowest BCUT2D eigenvalue weighted by Gasteiger charge is -2.43. The molecule has 224 valence electrons. The number of hydrogen-bond acceptors (Lipinski definition) is 4. The summed E-state index contributed by atoms with van der Waals surface area (Å²) in [6.07, 6.45) is 19.8. The van der Waals surface area contributed by atoms with Gasteiger partial charge in [0.2, 0.25) is 0 Å². The fourth-order valence-electron chi connectivity index (χ4n) is 8.04. The molecule has 44 heavy (non-hydrogen) atoms. The summed E-state index contributed by atoms with van der Waals surface area (Å²) in [6, 6.07) is 15.2. The van der Waals surface area contributed by atoms with Crippen molar-refractivity contribution >= 4 is 84.4 Å². The number of allylic oxidation sites excluding steroid dienone is 7. The van der Waals surface area contributed by atoms with Crippen LogP contribution < -0.4 is 3.53 Å². The van der Waals surface area contributed by atoms with Gasteiger partial charge in [-0.1, -0.05) is 84.2 Å². The van der Waals surface area contributed by atoms with Crippen LogP contribution in [0.5, 0.6) is 0 Å². The molecule has 1 N–H and O–H groups in total. The predicted molar refractivity (Wildman–Crippen MR) is 201 cm³/mol. The maximum absolute atomic E-state index is 6.14. The van der Waals surface area contributed by atoms with Crippen molar-refractivity contribution < 1.29 is 4.42 Å². The third kappa shape index (κ3) is 4.85. The molecule has 3 aromatic rings. The van der Waals surface area contributed by atoms with Crippen molar-refractivity contribution in [2.45, 2.75) is 64.0 Å². The van der Waals surface area contributed by atoms with Crippen molar-refractivity contribution in [3.63, 3.8) is 0 Å². The molecule has 0 bridgehead atoms. The number of benzene rings is 2. The molecule has 2 heterocycles. The Hall–Kier alpha value is -2.30. The zero-order valence-corrected chi connectivity index (χ0v) is 29.4. The lowest BCUT2D eigenvalue weighted by Crippen LogP contribution is -2.49. The number of aliphatic imine (C=N–C) groups is 2. The Kier molecular flexibility index (Phi) is 7.82. The molecule has 5 aliphatic rings. The summed E-state index contributed by atoms with van der Waals surface area (Å²) in [5.41, 5.74) is 13.0. The van der Waals surface area contributed by atoms with Crippen LogP contribution in [-0.4, -0.2) is 34.5 Å². The Morgan fingerprint density at radius 1 is 0.977 bits per heavy atom. The van der Waals surface area contributed by atoms with Gasteiger partial charge in [-0.2, -0.15) is 0 Å². The number of nitrogens with zero attached hydrogens (tertiary/aromatic N) is 2. The summed E-state index contributed by atoms with van der Waals surface area (Å²) >= 11 is 4.86. The van der Waals surface area contributed by atoms with Crippen molar-refractivity contribution in [1.82, 2.24) is 3.53 Å². The summed E-state index contributed by atoms with van der Waals surface area (Å²) in [7, 11) is 0. The summed E-state index contributed by atoms with van der Waals surface area (Å²) < 4.78 is 10.6. The van der Waals surface area contributed by atoms with E-state index in [-0.39, 0.29) is 23.4 Å². The number of rotatable bonds is 6. The molecule has 1 aromatic heterocycles. The molecule has 8 rings (SSSR count). The smallest absolute Gasteiger partial charge is 0.135 e. The summed E-state index contributed by atoms with van der Waals surface area (Å²) in [6.45, 7) is 3.24. The molecule has 0 spiro atoms. The van der Waals surface area contributed by atoms with E-state index in [2.05, 4.69) is 123 Å². The minimum absolute atomic E-state index is 0.105. The highest BCUT2D eigenvalue weighted by Crippen LogP contribution is 2.47. The van der Waals surface area contributed by atoms with Gasteiger partial charge in [-0.25, -0.2) is 0 Å². The van der Waals surface area contributed by atoms with Crippen LogP contribution in [0.15, 0.2) is 110 Å². The van der Waals surface area contributed by atoms with Gasteiger partial charge in [0, 0.05) is 55.9 Å². The molecule has 2 aromatic carbocycles. The van der Waals surface area contributed by atoms with Crippen molar-refractivity contribution in [3.05, 3.63) is 101 Å². The van der Waals surface area contributed by atoms with Crippen LogP contribution in [0.1, 0.15) is 57.4 Å². The van der Waals surface area contributed by atoms with E-state index in [9.17, 15) is 0 Å². The Balaban J connectivity index is 1.21. The monoisotopic (exact) mass is 805 g/mol. The predicted octanol–water partition coefficient (Wildman–Crippen LogP) is 10.1. The number of nitrogens with one attached hydrogen (secondary N) is 1. The molecule has 0 fully saturated rings. The fraction of sp³-hybridized carbons (Fsp3) is 0.368. The first-order chi connectivity index (χ1) is 21.6. The van der Waals surface area contributed by atoms with E-state index in [1.807, 2.05) is 6.07 Å². The number of fused-ring (bicyclic) bond motifs is 7. The zero-order chi connectivity index (χ0) is 29.8. The minimum Gasteiger partial charge on any atom is -0.456 e. The maximum Gasteiger partial charge on any atom is 0.135 e. The van der Waals surface area contributed by atoms with Crippen molar-refractivity contribution in [3.8, 4) is 0 Å². The first-order valence-electron chi connectivity index (χ1n) is 16.0. The van der Waals surface area contributed by atoms with Crippen molar-refractivity contribution in [2.24, 2.45) is 21.3 Å². The topological polar surface area (TPSA) is 49.9 Å². The van der Waals surface area contributed by atoms with E-state index in [4.69, 9.17) is 14.4 Å². The third-order valence-electron chi connectivity index (χ3n) is 10.3. The van der Waals surface area contributed by atoms with E-state index < -0.39 is 0 Å². The van der Waals surface area contributed by atoms with Crippen LogP contribution in [-0.2, 0) is 0 Å². The van der Waals surface area contributed by atoms with Crippen LogP contribution >= 0.6 is 45.5 Å². The highest BCUT2D eigenvalue weighted by atomic mass is 127. The van der Waals surface area contributed by atoms with Gasteiger partial charge in [0.15, 0.2) is 0 Å². The molecule has 4 unspecified atom stereocenters. The van der Waals surface area contributed by atoms with Gasteiger partial charge in [-0.05, 0) is 96.6 Å². The molecule has 0 radical (unpaired) electrons. The number of hydrogen-bond donors (Lipinski definition) is 1. The number of alkyl halides is 1. The number of furan rings is 1. The van der Waals surface area contributed by atoms with Gasteiger partial charge < -0.3 is 4.42 Å². The molecule has 1 aliphatic heterocycles. The van der Waals surface area contributed by atoms with Crippen LogP contribution in [0, 0.1) is 11.3 Å². The molecule has 4 aliphatic carbocycles. The minimum atomic E-state index is -0.115. The SMILES string of the molecule is CC(CI)(CNI)C1=NC2C3=C(CCC=C3)C3=C(CCCC3)C2N=C1C1C=CC=C(c2ccc3oc4ccccc4c3c2)C1. The van der Waals surface area contributed by atoms with Crippen molar-refractivity contribution in [2.75, 3.05) is 11.0 Å². The molecule has 4 atom stereocenters. The van der Waals surface area contributed by atoms with Gasteiger partial charge in [-0.3, -0.25) is 13.5 Å². The second-order valence-corrected chi connectivity index (χ2v) is 14.7. The third-order valence-corrected chi connectivity index (χ3v) is 12.4. The molecule has 0 amide bonds. The maximum atomic E-state index is 6.14. The molecule has 0 saturated heterocycles. The van der Waals surface area contributed by atoms with E-state index in [1.165, 1.54) is 64.6 Å². The average molecular weight is 806 g/mol. The Bertz CT molecular complexity index is 1890. The highest BCUT2D eigenvalue weighted by molar-refractivity contribution is 14.1. The van der Waals surface area contributed by atoms with Gasteiger partial charge in [0.25, 0.3) is 0 Å². The zero-order valence-electron chi connectivity index (χ0n) is 25.1. The van der Waals surface area contributed by atoms with E-state index in [1.54, 1.807) is 16.7 Å². The lowest BCUT2D eigenvalue weighted by atomic mass is 9.69. The molecule has 6 heteroatoms. The van der Waals surface area contributed by atoms with E-state index in [0.717, 1.165) is 41.4 Å². The largest absolute Gasteiger partial charge is 0.456 e.